The van der Waals surface area contributed by atoms with E-state index in [1.165, 1.54) is 0 Å². The molecule has 0 saturated carbocycles. The second-order valence-electron chi connectivity index (χ2n) is 6.38. The summed E-state index contributed by atoms with van der Waals surface area (Å²) in [6.07, 6.45) is 0. The van der Waals surface area contributed by atoms with E-state index in [4.69, 9.17) is 4.42 Å². The molecule has 2 aliphatic rings. The molecule has 132 valence electrons. The monoisotopic (exact) mass is 376 g/mol. The average molecular weight is 377 g/mol. The molecule has 0 spiro atoms. The fourth-order valence-electron chi connectivity index (χ4n) is 3.25. The number of nitrogens with zero attached hydrogens (tertiary/aromatic N) is 2. The second-order valence-corrected chi connectivity index (χ2v) is 8.60. The molecule has 3 heterocycles. The van der Waals surface area contributed by atoms with E-state index in [9.17, 15) is 9.59 Å². The molecule has 1 atom stereocenters. The molecule has 1 unspecified atom stereocenters. The van der Waals surface area contributed by atoms with Gasteiger partial charge in [-0.2, -0.15) is 11.8 Å². The van der Waals surface area contributed by atoms with E-state index >= 15 is 0 Å². The lowest BCUT2D eigenvalue weighted by molar-refractivity contribution is -0.134. The first-order valence-corrected chi connectivity index (χ1v) is 10.7. The summed E-state index contributed by atoms with van der Waals surface area (Å²) >= 11 is 3.50. The van der Waals surface area contributed by atoms with E-state index in [0.717, 1.165) is 35.5 Å². The third kappa shape index (κ3) is 3.27. The molecule has 2 saturated heterocycles. The minimum atomic E-state index is -0.379. The van der Waals surface area contributed by atoms with Crippen LogP contribution in [0.3, 0.4) is 0 Å². The molecule has 0 bridgehead atoms. The van der Waals surface area contributed by atoms with Gasteiger partial charge >= 0.3 is 0 Å². The molecule has 5 nitrogen and oxygen atoms in total. The molecule has 0 radical (unpaired) electrons. The van der Waals surface area contributed by atoms with Crippen LogP contribution in [0.4, 0.5) is 0 Å². The van der Waals surface area contributed by atoms with E-state index in [1.54, 1.807) is 22.7 Å². The van der Waals surface area contributed by atoms with Crippen molar-refractivity contribution in [2.75, 3.05) is 36.2 Å². The number of furan rings is 1. The molecule has 1 aromatic heterocycles. The van der Waals surface area contributed by atoms with Crippen molar-refractivity contribution in [3.63, 3.8) is 0 Å². The van der Waals surface area contributed by atoms with Gasteiger partial charge in [0.15, 0.2) is 5.76 Å². The maximum absolute atomic E-state index is 12.9. The summed E-state index contributed by atoms with van der Waals surface area (Å²) < 4.78 is 5.74. The van der Waals surface area contributed by atoms with Gasteiger partial charge in [-0.1, -0.05) is 11.6 Å². The standard InChI is InChI=1S/C18H20N2O3S2/c1-12-2-3-15-13(8-12)9-16(23-15)18(22)20-11-25-10-14(20)17(21)19-4-6-24-7-5-19/h2-3,8-9,14H,4-7,10-11H2,1H3. The normalized spacial score (nSPS) is 21.1. The smallest absolute Gasteiger partial charge is 0.291 e. The van der Waals surface area contributed by atoms with Crippen LogP contribution < -0.4 is 0 Å². The predicted octanol–water partition coefficient (Wildman–Crippen LogP) is 2.83. The Morgan fingerprint density at radius 3 is 2.76 bits per heavy atom. The minimum absolute atomic E-state index is 0.0746. The van der Waals surface area contributed by atoms with Gasteiger partial charge in [-0.15, -0.1) is 11.8 Å². The molecule has 2 aliphatic heterocycles. The molecule has 2 aromatic rings. The maximum atomic E-state index is 12.9. The van der Waals surface area contributed by atoms with E-state index in [2.05, 4.69) is 0 Å². The number of fused-ring (bicyclic) bond motifs is 1. The Bertz CT molecular complexity index is 814. The van der Waals surface area contributed by atoms with Crippen LogP contribution in [-0.2, 0) is 4.79 Å². The largest absolute Gasteiger partial charge is 0.451 e. The van der Waals surface area contributed by atoms with E-state index in [-0.39, 0.29) is 17.9 Å². The Morgan fingerprint density at radius 1 is 1.16 bits per heavy atom. The highest BCUT2D eigenvalue weighted by atomic mass is 32.2. The van der Waals surface area contributed by atoms with Crippen LogP contribution in [0.15, 0.2) is 28.7 Å². The van der Waals surface area contributed by atoms with Gasteiger partial charge in [0.1, 0.15) is 11.6 Å². The van der Waals surface area contributed by atoms with Crippen molar-refractivity contribution in [3.05, 3.63) is 35.6 Å². The van der Waals surface area contributed by atoms with Gasteiger partial charge in [0.25, 0.3) is 5.91 Å². The highest BCUT2D eigenvalue weighted by Gasteiger charge is 2.38. The molecule has 2 fully saturated rings. The second kappa shape index (κ2) is 6.96. The van der Waals surface area contributed by atoms with Crippen molar-refractivity contribution in [2.24, 2.45) is 0 Å². The molecular weight excluding hydrogens is 356 g/mol. The first kappa shape index (κ1) is 16.8. The molecule has 4 rings (SSSR count). The van der Waals surface area contributed by atoms with E-state index < -0.39 is 0 Å². The Balaban J connectivity index is 1.56. The van der Waals surface area contributed by atoms with Gasteiger partial charge in [-0.05, 0) is 25.1 Å². The van der Waals surface area contributed by atoms with Gasteiger partial charge < -0.3 is 14.2 Å². The zero-order chi connectivity index (χ0) is 17.4. The summed E-state index contributed by atoms with van der Waals surface area (Å²) in [6, 6.07) is 7.26. The Morgan fingerprint density at radius 2 is 1.96 bits per heavy atom. The van der Waals surface area contributed by atoms with Crippen molar-refractivity contribution in [1.29, 1.82) is 0 Å². The van der Waals surface area contributed by atoms with Crippen molar-refractivity contribution >= 4 is 46.3 Å². The van der Waals surface area contributed by atoms with Crippen molar-refractivity contribution in [2.45, 2.75) is 13.0 Å². The van der Waals surface area contributed by atoms with Crippen LogP contribution in [0, 0.1) is 6.92 Å². The number of carbonyl (C=O) groups excluding carboxylic acids is 2. The number of carbonyl (C=O) groups is 2. The van der Waals surface area contributed by atoms with Crippen molar-refractivity contribution in [1.82, 2.24) is 9.80 Å². The summed E-state index contributed by atoms with van der Waals surface area (Å²) in [6.45, 7) is 3.56. The Labute approximate surface area is 155 Å². The fraction of sp³-hybridized carbons (Fsp3) is 0.444. The van der Waals surface area contributed by atoms with Gasteiger partial charge in [0.2, 0.25) is 5.91 Å². The lowest BCUT2D eigenvalue weighted by atomic mass is 10.2. The first-order valence-electron chi connectivity index (χ1n) is 8.39. The molecule has 0 aliphatic carbocycles. The number of amides is 2. The van der Waals surface area contributed by atoms with Gasteiger partial charge in [-0.3, -0.25) is 9.59 Å². The Kier molecular flexibility index (Phi) is 4.69. The van der Waals surface area contributed by atoms with Gasteiger partial charge in [-0.25, -0.2) is 0 Å². The summed E-state index contributed by atoms with van der Waals surface area (Å²) in [5, 5.41) is 0.922. The number of hydrogen-bond acceptors (Lipinski definition) is 5. The number of benzene rings is 1. The zero-order valence-corrected chi connectivity index (χ0v) is 15.7. The minimum Gasteiger partial charge on any atom is -0.451 e. The zero-order valence-electron chi connectivity index (χ0n) is 14.1. The number of aryl methyl sites for hydroxylation is 1. The fourth-order valence-corrected chi connectivity index (χ4v) is 5.30. The van der Waals surface area contributed by atoms with Crippen molar-refractivity contribution < 1.29 is 14.0 Å². The third-order valence-electron chi connectivity index (χ3n) is 4.63. The molecule has 7 heteroatoms. The average Bonchev–Trinajstić information content (AvgIpc) is 3.27. The molecule has 1 aromatic carbocycles. The highest BCUT2D eigenvalue weighted by Crippen LogP contribution is 2.28. The molecular formula is C18H20N2O3S2. The maximum Gasteiger partial charge on any atom is 0.291 e. The molecule has 0 N–H and O–H groups in total. The third-order valence-corrected chi connectivity index (χ3v) is 6.59. The number of thioether (sulfide) groups is 2. The van der Waals surface area contributed by atoms with Crippen LogP contribution in [-0.4, -0.2) is 63.9 Å². The molecule has 2 amide bonds. The number of rotatable bonds is 2. The summed E-state index contributed by atoms with van der Waals surface area (Å²) in [4.78, 5) is 29.3. The van der Waals surface area contributed by atoms with Crippen molar-refractivity contribution in [3.8, 4) is 0 Å². The van der Waals surface area contributed by atoms with Crippen LogP contribution in [0.2, 0.25) is 0 Å². The molecule has 25 heavy (non-hydrogen) atoms. The van der Waals surface area contributed by atoms with E-state index in [0.29, 0.717) is 23.0 Å². The lowest BCUT2D eigenvalue weighted by Crippen LogP contribution is -2.51. The highest BCUT2D eigenvalue weighted by molar-refractivity contribution is 7.99. The predicted molar refractivity (Wildman–Crippen MR) is 102 cm³/mol. The van der Waals surface area contributed by atoms with Gasteiger partial charge in [0, 0.05) is 35.7 Å². The van der Waals surface area contributed by atoms with Crippen LogP contribution in [0.1, 0.15) is 16.1 Å². The quantitative estimate of drug-likeness (QED) is 0.807. The van der Waals surface area contributed by atoms with Crippen LogP contribution in [0.5, 0.6) is 0 Å². The van der Waals surface area contributed by atoms with Gasteiger partial charge in [0.05, 0.1) is 5.88 Å². The van der Waals surface area contributed by atoms with Crippen LogP contribution >= 0.6 is 23.5 Å². The SMILES string of the molecule is Cc1ccc2oc(C(=O)N3CSCC3C(=O)N3CCSCC3)cc2c1. The summed E-state index contributed by atoms with van der Waals surface area (Å²) in [5.74, 6) is 3.34. The number of hydrogen-bond donors (Lipinski definition) is 0. The summed E-state index contributed by atoms with van der Waals surface area (Å²) in [5.41, 5.74) is 1.83. The van der Waals surface area contributed by atoms with Crippen LogP contribution in [0.25, 0.3) is 11.0 Å². The topological polar surface area (TPSA) is 53.8 Å². The lowest BCUT2D eigenvalue weighted by Gasteiger charge is -2.31. The summed E-state index contributed by atoms with van der Waals surface area (Å²) in [7, 11) is 0. The first-order chi connectivity index (χ1) is 12.1. The Hall–Kier alpha value is -1.60. The van der Waals surface area contributed by atoms with E-state index in [1.807, 2.05) is 41.8 Å².